The van der Waals surface area contributed by atoms with E-state index in [1.54, 1.807) is 6.07 Å². The van der Waals surface area contributed by atoms with Crippen molar-refractivity contribution in [3.63, 3.8) is 0 Å². The number of nitrogens with two attached hydrogens (primary N) is 1. The molecule has 1 amide bonds. The number of carbonyl (C=O) groups is 1. The lowest BCUT2D eigenvalue weighted by Crippen LogP contribution is -2.41. The first-order valence-corrected chi connectivity index (χ1v) is 8.34. The molecule has 3 rings (SSSR count). The molecular weight excluding hydrogens is 385 g/mol. The van der Waals surface area contributed by atoms with Crippen LogP contribution in [0.5, 0.6) is 0 Å². The van der Waals surface area contributed by atoms with Crippen LogP contribution in [-0.4, -0.2) is 56.2 Å². The maximum absolute atomic E-state index is 13.7. The largest absolute Gasteiger partial charge is 0.418 e. The lowest BCUT2D eigenvalue weighted by atomic mass is 10.00. The van der Waals surface area contributed by atoms with Crippen molar-refractivity contribution in [2.24, 2.45) is 5.73 Å². The Morgan fingerprint density at radius 3 is 2.44 bits per heavy atom. The van der Waals surface area contributed by atoms with E-state index in [1.165, 1.54) is 15.9 Å². The van der Waals surface area contributed by atoms with Gasteiger partial charge >= 0.3 is 6.18 Å². The van der Waals surface area contributed by atoms with Gasteiger partial charge < -0.3 is 20.3 Å². The Kier molecular flexibility index (Phi) is 6.57. The fourth-order valence-corrected chi connectivity index (χ4v) is 3.35. The van der Waals surface area contributed by atoms with Crippen molar-refractivity contribution in [3.05, 3.63) is 28.8 Å². The van der Waals surface area contributed by atoms with Crippen molar-refractivity contribution >= 4 is 24.0 Å². The van der Waals surface area contributed by atoms with Gasteiger partial charge in [-0.3, -0.25) is 4.79 Å². The Hall–Kier alpha value is -2.02. The number of alkyl halides is 3. The molecule has 0 bridgehead atoms. The smallest absolute Gasteiger partial charge is 0.378 e. The first-order valence-electron chi connectivity index (χ1n) is 8.34. The van der Waals surface area contributed by atoms with E-state index in [1.807, 2.05) is 0 Å². The quantitative estimate of drug-likeness (QED) is 0.815. The van der Waals surface area contributed by atoms with Crippen LogP contribution in [0.3, 0.4) is 0 Å². The van der Waals surface area contributed by atoms with Gasteiger partial charge in [0.25, 0.3) is 5.91 Å². The molecule has 6 nitrogen and oxygen atoms in total. The minimum Gasteiger partial charge on any atom is -0.378 e. The number of anilines is 1. The summed E-state index contributed by atoms with van der Waals surface area (Å²) in [6.45, 7) is 1.84. The first kappa shape index (κ1) is 21.3. The summed E-state index contributed by atoms with van der Waals surface area (Å²) in [6.07, 6.45) is -4.14. The summed E-state index contributed by atoms with van der Waals surface area (Å²) >= 11 is 0. The molecular formula is C17H20ClF3N4O2. The molecule has 2 fully saturated rings. The number of morpholine rings is 1. The van der Waals surface area contributed by atoms with Crippen LogP contribution in [0.25, 0.3) is 0 Å². The molecule has 148 valence electrons. The first-order chi connectivity index (χ1) is 12.3. The Morgan fingerprint density at radius 2 is 1.93 bits per heavy atom. The predicted molar refractivity (Wildman–Crippen MR) is 94.9 cm³/mol. The van der Waals surface area contributed by atoms with Crippen LogP contribution >= 0.6 is 12.4 Å². The second-order valence-corrected chi connectivity index (χ2v) is 6.43. The summed E-state index contributed by atoms with van der Waals surface area (Å²) in [6, 6.07) is 3.52. The van der Waals surface area contributed by atoms with Crippen LogP contribution in [0.15, 0.2) is 12.1 Å². The maximum atomic E-state index is 13.7. The topological polar surface area (TPSA) is 82.6 Å². The van der Waals surface area contributed by atoms with Crippen LogP contribution < -0.4 is 10.6 Å². The molecule has 10 heteroatoms. The van der Waals surface area contributed by atoms with E-state index in [-0.39, 0.29) is 41.8 Å². The van der Waals surface area contributed by atoms with E-state index >= 15 is 0 Å². The number of nitrogens with zero attached hydrogens (tertiary/aromatic N) is 3. The summed E-state index contributed by atoms with van der Waals surface area (Å²) in [5.74, 6) is -0.522. The van der Waals surface area contributed by atoms with E-state index in [0.29, 0.717) is 39.3 Å². The normalized spacial score (nSPS) is 20.2. The van der Waals surface area contributed by atoms with Crippen LogP contribution in [0.1, 0.15) is 27.9 Å². The average Bonchev–Trinajstić information content (AvgIpc) is 3.06. The molecule has 0 aromatic heterocycles. The number of rotatable bonds is 2. The second kappa shape index (κ2) is 8.33. The Balaban J connectivity index is 0.00000261. The predicted octanol–water partition coefficient (Wildman–Crippen LogP) is 2.01. The molecule has 0 saturated carbocycles. The summed E-state index contributed by atoms with van der Waals surface area (Å²) in [4.78, 5) is 15.9. The van der Waals surface area contributed by atoms with Crippen molar-refractivity contribution in [3.8, 4) is 6.07 Å². The van der Waals surface area contributed by atoms with Gasteiger partial charge in [0.1, 0.15) is 0 Å². The van der Waals surface area contributed by atoms with E-state index in [2.05, 4.69) is 0 Å². The highest BCUT2D eigenvalue weighted by molar-refractivity contribution is 6.01. The zero-order valence-electron chi connectivity index (χ0n) is 14.5. The van der Waals surface area contributed by atoms with Crippen molar-refractivity contribution in [2.45, 2.75) is 18.6 Å². The fourth-order valence-electron chi connectivity index (χ4n) is 3.35. The lowest BCUT2D eigenvalue weighted by molar-refractivity contribution is -0.137. The van der Waals surface area contributed by atoms with Gasteiger partial charge in [0.2, 0.25) is 0 Å². The van der Waals surface area contributed by atoms with Crippen LogP contribution in [0, 0.1) is 11.3 Å². The number of benzene rings is 1. The standard InChI is InChI=1S/C17H19F3N4O2.ClH/c18-17(19,20)14-8-11(9-21)7-13(15(14)24-2-1-12(22)10-24)16(25)23-3-5-26-6-4-23;/h7-8,12H,1-6,10,22H2;1H/t12-;/m1./s1. The van der Waals surface area contributed by atoms with Gasteiger partial charge in [0, 0.05) is 32.2 Å². The van der Waals surface area contributed by atoms with Gasteiger partial charge in [-0.15, -0.1) is 12.4 Å². The van der Waals surface area contributed by atoms with Gasteiger partial charge in [-0.1, -0.05) is 0 Å². The highest BCUT2D eigenvalue weighted by Crippen LogP contribution is 2.41. The van der Waals surface area contributed by atoms with E-state index in [4.69, 9.17) is 15.7 Å². The molecule has 1 atom stereocenters. The van der Waals surface area contributed by atoms with Crippen molar-refractivity contribution in [2.75, 3.05) is 44.3 Å². The number of amides is 1. The van der Waals surface area contributed by atoms with Crippen LogP contribution in [0.4, 0.5) is 18.9 Å². The molecule has 2 aliphatic heterocycles. The number of hydrogen-bond acceptors (Lipinski definition) is 5. The molecule has 2 aliphatic rings. The monoisotopic (exact) mass is 404 g/mol. The van der Waals surface area contributed by atoms with Crippen molar-refractivity contribution < 1.29 is 22.7 Å². The molecule has 0 unspecified atom stereocenters. The number of hydrogen-bond donors (Lipinski definition) is 1. The Morgan fingerprint density at radius 1 is 1.26 bits per heavy atom. The molecule has 2 saturated heterocycles. The number of halogens is 4. The van der Waals surface area contributed by atoms with Gasteiger partial charge in [-0.2, -0.15) is 18.4 Å². The maximum Gasteiger partial charge on any atom is 0.418 e. The fraction of sp³-hybridized carbons (Fsp3) is 0.529. The van der Waals surface area contributed by atoms with Crippen molar-refractivity contribution in [1.82, 2.24) is 4.90 Å². The highest BCUT2D eigenvalue weighted by atomic mass is 35.5. The minimum atomic E-state index is -4.69. The molecule has 0 aliphatic carbocycles. The summed E-state index contributed by atoms with van der Waals surface area (Å²) in [5, 5.41) is 9.15. The number of nitriles is 1. The molecule has 2 heterocycles. The van der Waals surface area contributed by atoms with E-state index in [9.17, 15) is 18.0 Å². The molecule has 1 aromatic carbocycles. The zero-order valence-corrected chi connectivity index (χ0v) is 15.3. The van der Waals surface area contributed by atoms with Crippen molar-refractivity contribution in [1.29, 1.82) is 5.26 Å². The molecule has 2 N–H and O–H groups in total. The lowest BCUT2D eigenvalue weighted by Gasteiger charge is -2.31. The molecule has 0 radical (unpaired) electrons. The summed E-state index contributed by atoms with van der Waals surface area (Å²) in [5.41, 5.74) is 4.41. The van der Waals surface area contributed by atoms with Gasteiger partial charge in [0.15, 0.2) is 0 Å². The summed E-state index contributed by atoms with van der Waals surface area (Å²) < 4.78 is 46.3. The third-order valence-electron chi connectivity index (χ3n) is 4.61. The van der Waals surface area contributed by atoms with E-state index < -0.39 is 17.6 Å². The van der Waals surface area contributed by atoms with E-state index in [0.717, 1.165) is 6.07 Å². The molecule has 0 spiro atoms. The minimum absolute atomic E-state index is 0. The Labute approximate surface area is 161 Å². The molecule has 27 heavy (non-hydrogen) atoms. The average molecular weight is 405 g/mol. The highest BCUT2D eigenvalue weighted by Gasteiger charge is 2.39. The van der Waals surface area contributed by atoms with Gasteiger partial charge in [0.05, 0.1) is 41.7 Å². The summed E-state index contributed by atoms with van der Waals surface area (Å²) in [7, 11) is 0. The second-order valence-electron chi connectivity index (χ2n) is 6.43. The zero-order chi connectivity index (χ0) is 18.9. The number of ether oxygens (including phenoxy) is 1. The SMILES string of the molecule is Cl.N#Cc1cc(C(=O)N2CCOCC2)c(N2CC[C@@H](N)C2)c(C(F)(F)F)c1. The molecule has 1 aromatic rings. The van der Waals surface area contributed by atoms with Gasteiger partial charge in [-0.25, -0.2) is 0 Å². The number of carbonyl (C=O) groups excluding carboxylic acids is 1. The van der Waals surface area contributed by atoms with Crippen LogP contribution in [0.2, 0.25) is 0 Å². The van der Waals surface area contributed by atoms with Crippen LogP contribution in [-0.2, 0) is 10.9 Å². The van der Waals surface area contributed by atoms with Gasteiger partial charge in [-0.05, 0) is 18.6 Å². The third-order valence-corrected chi connectivity index (χ3v) is 4.61. The third kappa shape index (κ3) is 4.46. The Bertz CT molecular complexity index is 745.